The van der Waals surface area contributed by atoms with Crippen molar-refractivity contribution in [1.82, 2.24) is 0 Å². The molecule has 0 aromatic carbocycles. The Hall–Kier alpha value is -2.53. The molecule has 10 nitrogen and oxygen atoms in total. The van der Waals surface area contributed by atoms with E-state index in [0.29, 0.717) is 25.9 Å². The van der Waals surface area contributed by atoms with Crippen molar-refractivity contribution in [1.29, 1.82) is 0 Å². The van der Waals surface area contributed by atoms with Crippen LogP contribution < -0.4 is 0 Å². The molecule has 2 unspecified atom stereocenters. The van der Waals surface area contributed by atoms with Crippen LogP contribution in [0.15, 0.2) is 36.0 Å². The summed E-state index contributed by atoms with van der Waals surface area (Å²) in [5.41, 5.74) is -1.44. The van der Waals surface area contributed by atoms with Gasteiger partial charge in [0.1, 0.15) is 18.3 Å². The second-order valence-electron chi connectivity index (χ2n) is 10.9. The predicted molar refractivity (Wildman–Crippen MR) is 127 cm³/mol. The molecule has 2 spiro atoms. The van der Waals surface area contributed by atoms with Gasteiger partial charge in [-0.05, 0) is 30.8 Å². The van der Waals surface area contributed by atoms with Crippen LogP contribution in [0.1, 0.15) is 39.5 Å². The summed E-state index contributed by atoms with van der Waals surface area (Å²) >= 11 is 0. The Morgan fingerprint density at radius 3 is 2.49 bits per heavy atom. The molecule has 8 atom stereocenters. The molecule has 0 amide bonds. The first kappa shape index (κ1) is 26.1. The monoisotopic (exact) mass is 518 g/mol. The smallest absolute Gasteiger partial charge is 0.335 e. The van der Waals surface area contributed by atoms with Gasteiger partial charge in [0.15, 0.2) is 6.10 Å². The molecule has 2 aliphatic carbocycles. The Morgan fingerprint density at radius 2 is 1.78 bits per heavy atom. The number of ether oxygens (including phenoxy) is 5. The lowest BCUT2D eigenvalue weighted by Gasteiger charge is -2.58. The molecule has 2 saturated heterocycles. The molecule has 0 aromatic rings. The molecular weight excluding hydrogens is 484 g/mol. The largest absolute Gasteiger partial charge is 0.463 e. The van der Waals surface area contributed by atoms with Crippen molar-refractivity contribution in [3.05, 3.63) is 36.0 Å². The van der Waals surface area contributed by atoms with Gasteiger partial charge in [-0.2, -0.15) is 0 Å². The van der Waals surface area contributed by atoms with Crippen molar-refractivity contribution in [3.8, 4) is 0 Å². The van der Waals surface area contributed by atoms with Crippen LogP contribution in [0, 0.1) is 16.7 Å². The van der Waals surface area contributed by atoms with E-state index < -0.39 is 58.6 Å². The molecule has 5 aliphatic rings. The number of esters is 3. The molecule has 0 radical (unpaired) electrons. The second kappa shape index (κ2) is 9.65. The van der Waals surface area contributed by atoms with E-state index in [-0.39, 0.29) is 32.3 Å². The molecule has 2 N–H and O–H groups in total. The van der Waals surface area contributed by atoms with Crippen LogP contribution in [0.3, 0.4) is 0 Å². The van der Waals surface area contributed by atoms with Crippen LogP contribution in [-0.2, 0) is 38.1 Å². The molecule has 37 heavy (non-hydrogen) atoms. The summed E-state index contributed by atoms with van der Waals surface area (Å²) in [5, 5.41) is 20.4. The van der Waals surface area contributed by atoms with E-state index in [4.69, 9.17) is 23.7 Å². The van der Waals surface area contributed by atoms with Crippen LogP contribution in [0.4, 0.5) is 0 Å². The number of aliphatic hydroxyl groups is 2. The maximum absolute atomic E-state index is 13.0. The molecule has 2 bridgehead atoms. The Kier molecular flexibility index (Phi) is 6.81. The van der Waals surface area contributed by atoms with Crippen molar-refractivity contribution in [2.45, 2.75) is 69.5 Å². The lowest BCUT2D eigenvalue weighted by atomic mass is 9.51. The molecule has 5 rings (SSSR count). The first-order valence-corrected chi connectivity index (χ1v) is 12.8. The number of hydrogen-bond acceptors (Lipinski definition) is 10. The maximum Gasteiger partial charge on any atom is 0.335 e. The van der Waals surface area contributed by atoms with Gasteiger partial charge in [0, 0.05) is 24.0 Å². The summed E-state index contributed by atoms with van der Waals surface area (Å²) in [4.78, 5) is 37.6. The molecule has 1 saturated carbocycles. The van der Waals surface area contributed by atoms with Crippen molar-refractivity contribution in [2.75, 3.05) is 26.4 Å². The summed E-state index contributed by atoms with van der Waals surface area (Å²) in [5.74, 6) is -2.48. The van der Waals surface area contributed by atoms with Gasteiger partial charge in [0.25, 0.3) is 0 Å². The summed E-state index contributed by atoms with van der Waals surface area (Å²) in [6.07, 6.45) is 6.03. The first-order valence-electron chi connectivity index (χ1n) is 12.8. The topological polar surface area (TPSA) is 141 Å². The zero-order valence-corrected chi connectivity index (χ0v) is 21.1. The molecule has 10 heteroatoms. The van der Waals surface area contributed by atoms with Gasteiger partial charge in [0.2, 0.25) is 0 Å². The van der Waals surface area contributed by atoms with Gasteiger partial charge in [-0.3, -0.25) is 0 Å². The minimum absolute atomic E-state index is 0.00994. The minimum Gasteiger partial charge on any atom is -0.463 e. The fourth-order valence-electron chi connectivity index (χ4n) is 6.70. The van der Waals surface area contributed by atoms with Gasteiger partial charge in [-0.15, -0.1) is 0 Å². The quantitative estimate of drug-likeness (QED) is 0.225. The number of carbonyl (C=O) groups excluding carboxylic acids is 3. The number of epoxide rings is 1. The highest BCUT2D eigenvalue weighted by Gasteiger charge is 2.83. The third kappa shape index (κ3) is 4.14. The average Bonchev–Trinajstić information content (AvgIpc) is 3.66. The maximum atomic E-state index is 13.0. The van der Waals surface area contributed by atoms with Gasteiger partial charge >= 0.3 is 17.9 Å². The number of allylic oxidation sites excluding steroid dienone is 2. The molecule has 3 aliphatic heterocycles. The van der Waals surface area contributed by atoms with Crippen LogP contribution >= 0.6 is 0 Å². The van der Waals surface area contributed by atoms with E-state index in [0.717, 1.165) is 5.57 Å². The fourth-order valence-corrected chi connectivity index (χ4v) is 6.70. The standard InChI is InChI=1S/C27H34O10/c1-16-8-10-33-21(29)5-3-4-6-22(30)37-18-12-20-27(15-35-27)25(18,2)26(14-34-24(32)23(16)31)9-7-17(13-28)11-19(26)36-20/h3-6,11,16,18-20,23,28,31H,7-10,12-15H2,1-2H3/b5-3+,6-4+/t16-,18?,19-,20-,23+,25-,26?,27+/m1/s1. The molecular formula is C27H34O10. The third-order valence-electron chi connectivity index (χ3n) is 9.20. The van der Waals surface area contributed by atoms with E-state index in [1.165, 1.54) is 24.3 Å². The minimum atomic E-state index is -1.41. The van der Waals surface area contributed by atoms with Crippen molar-refractivity contribution in [3.63, 3.8) is 0 Å². The van der Waals surface area contributed by atoms with Gasteiger partial charge in [0.05, 0.1) is 37.4 Å². The summed E-state index contributed by atoms with van der Waals surface area (Å²) in [7, 11) is 0. The summed E-state index contributed by atoms with van der Waals surface area (Å²) in [6, 6.07) is 0. The second-order valence-corrected chi connectivity index (χ2v) is 10.9. The molecule has 202 valence electrons. The van der Waals surface area contributed by atoms with Gasteiger partial charge in [-0.25, -0.2) is 14.4 Å². The zero-order chi connectivity index (χ0) is 26.4. The van der Waals surface area contributed by atoms with Gasteiger partial charge in [-0.1, -0.05) is 32.1 Å². The number of cyclic esters (lactones) is 2. The number of aliphatic hydroxyl groups excluding tert-OH is 2. The van der Waals surface area contributed by atoms with E-state index >= 15 is 0 Å². The van der Waals surface area contributed by atoms with E-state index in [2.05, 4.69) is 0 Å². The first-order chi connectivity index (χ1) is 17.7. The van der Waals surface area contributed by atoms with Gasteiger partial charge < -0.3 is 33.9 Å². The summed E-state index contributed by atoms with van der Waals surface area (Å²) < 4.78 is 29.4. The fraction of sp³-hybridized carbons (Fsp3) is 0.667. The zero-order valence-electron chi connectivity index (χ0n) is 21.1. The Balaban J connectivity index is 1.53. The highest BCUT2D eigenvalue weighted by atomic mass is 16.6. The Bertz CT molecular complexity index is 1040. The Labute approximate surface area is 215 Å². The van der Waals surface area contributed by atoms with Crippen LogP contribution in [0.2, 0.25) is 0 Å². The number of carbonyl (C=O) groups is 3. The molecule has 0 aromatic heterocycles. The SMILES string of the molecule is C[C@@H]1CCOC(=O)/C=C/C=C/C(=O)OC2C[C@H]3O[C@@H]4C=C(CO)CCC4(COC(=O)[C@H]1O)[C@]2(C)[C@]31CO1. The van der Waals surface area contributed by atoms with E-state index in [1.807, 2.05) is 13.0 Å². The van der Waals surface area contributed by atoms with Crippen LogP contribution in [0.25, 0.3) is 0 Å². The van der Waals surface area contributed by atoms with E-state index in [1.54, 1.807) is 6.92 Å². The van der Waals surface area contributed by atoms with Crippen molar-refractivity contribution >= 4 is 17.9 Å². The molecule has 3 fully saturated rings. The highest BCUT2D eigenvalue weighted by Crippen LogP contribution is 2.72. The number of hydrogen-bond donors (Lipinski definition) is 2. The predicted octanol–water partition coefficient (Wildman–Crippen LogP) is 1.14. The van der Waals surface area contributed by atoms with Crippen molar-refractivity contribution < 1.29 is 48.3 Å². The van der Waals surface area contributed by atoms with Crippen LogP contribution in [0.5, 0.6) is 0 Å². The third-order valence-corrected chi connectivity index (χ3v) is 9.20. The van der Waals surface area contributed by atoms with Crippen molar-refractivity contribution in [2.24, 2.45) is 16.7 Å². The normalized spacial score (nSPS) is 45.9. The lowest BCUT2D eigenvalue weighted by molar-refractivity contribution is -0.235. The Morgan fingerprint density at radius 1 is 1.05 bits per heavy atom. The lowest BCUT2D eigenvalue weighted by Crippen LogP contribution is -2.67. The number of rotatable bonds is 1. The van der Waals surface area contributed by atoms with Crippen LogP contribution in [-0.4, -0.2) is 84.6 Å². The summed E-state index contributed by atoms with van der Waals surface area (Å²) in [6.45, 7) is 3.96. The molecule has 3 heterocycles. The average molecular weight is 519 g/mol. The van der Waals surface area contributed by atoms with E-state index in [9.17, 15) is 24.6 Å². The highest BCUT2D eigenvalue weighted by molar-refractivity contribution is 5.84.